The fraction of sp³-hybridized carbons (Fsp3) is 0.318. The first kappa shape index (κ1) is 20.9. The zero-order chi connectivity index (χ0) is 20.8. The Hall–Kier alpha value is -2.80. The molecule has 1 saturated heterocycles. The standard InChI is InChI=1S/C22H25NO5S/c1-25-17-7-5-15(11-19(17)27-3)9-10-23-21(24)14-29-22(23)13-16-6-8-18(26-2)20(12-16)28-4/h5-8,11-13H,9-10,14H2,1-4H3/b22-13-. The average Bonchev–Trinajstić information content (AvgIpc) is 3.10. The maximum atomic E-state index is 12.4. The molecule has 0 radical (unpaired) electrons. The van der Waals surface area contributed by atoms with E-state index in [1.807, 2.05) is 47.4 Å². The molecular weight excluding hydrogens is 390 g/mol. The number of amides is 1. The fourth-order valence-electron chi connectivity index (χ4n) is 3.13. The minimum Gasteiger partial charge on any atom is -0.493 e. The van der Waals surface area contributed by atoms with Crippen molar-refractivity contribution in [1.82, 2.24) is 4.90 Å². The van der Waals surface area contributed by atoms with Crippen LogP contribution in [0.2, 0.25) is 0 Å². The molecule has 0 N–H and O–H groups in total. The van der Waals surface area contributed by atoms with Crippen LogP contribution in [0.5, 0.6) is 23.0 Å². The van der Waals surface area contributed by atoms with Gasteiger partial charge in [0.25, 0.3) is 0 Å². The molecule has 7 heteroatoms. The molecule has 0 saturated carbocycles. The Balaban J connectivity index is 1.76. The molecule has 1 heterocycles. The predicted molar refractivity (Wildman–Crippen MR) is 115 cm³/mol. The van der Waals surface area contributed by atoms with E-state index in [4.69, 9.17) is 18.9 Å². The van der Waals surface area contributed by atoms with Gasteiger partial charge in [0.05, 0.1) is 39.2 Å². The molecule has 1 fully saturated rings. The lowest BCUT2D eigenvalue weighted by Crippen LogP contribution is -2.26. The fourth-order valence-corrected chi connectivity index (χ4v) is 4.13. The molecule has 0 unspecified atom stereocenters. The number of benzene rings is 2. The number of methoxy groups -OCH3 is 4. The van der Waals surface area contributed by atoms with Crippen LogP contribution in [0.3, 0.4) is 0 Å². The molecular formula is C22H25NO5S. The summed E-state index contributed by atoms with van der Waals surface area (Å²) >= 11 is 1.55. The average molecular weight is 416 g/mol. The van der Waals surface area contributed by atoms with Gasteiger partial charge in [-0.25, -0.2) is 0 Å². The number of rotatable bonds is 8. The number of nitrogens with zero attached hydrogens (tertiary/aromatic N) is 1. The first-order valence-corrected chi connectivity index (χ1v) is 10.2. The van der Waals surface area contributed by atoms with Crippen molar-refractivity contribution in [1.29, 1.82) is 0 Å². The van der Waals surface area contributed by atoms with Gasteiger partial charge in [-0.05, 0) is 47.9 Å². The van der Waals surface area contributed by atoms with Crippen LogP contribution in [-0.4, -0.2) is 51.5 Å². The van der Waals surface area contributed by atoms with E-state index in [2.05, 4.69) is 0 Å². The highest BCUT2D eigenvalue weighted by molar-refractivity contribution is 8.04. The van der Waals surface area contributed by atoms with Crippen LogP contribution in [0.1, 0.15) is 11.1 Å². The van der Waals surface area contributed by atoms with Gasteiger partial charge in [0, 0.05) is 6.54 Å². The number of ether oxygens (including phenoxy) is 4. The Bertz CT molecular complexity index is 912. The predicted octanol–water partition coefficient (Wildman–Crippen LogP) is 3.84. The summed E-state index contributed by atoms with van der Waals surface area (Å²) in [6, 6.07) is 11.5. The van der Waals surface area contributed by atoms with Crippen molar-refractivity contribution >= 4 is 23.7 Å². The van der Waals surface area contributed by atoms with Gasteiger partial charge in [0.2, 0.25) is 5.91 Å². The quantitative estimate of drug-likeness (QED) is 0.653. The lowest BCUT2D eigenvalue weighted by molar-refractivity contribution is -0.125. The van der Waals surface area contributed by atoms with E-state index in [9.17, 15) is 4.79 Å². The second-order valence-corrected chi connectivity index (χ2v) is 7.37. The number of thioether (sulfide) groups is 1. The third-order valence-corrected chi connectivity index (χ3v) is 5.71. The van der Waals surface area contributed by atoms with Crippen LogP contribution in [0.25, 0.3) is 6.08 Å². The summed E-state index contributed by atoms with van der Waals surface area (Å²) in [5.41, 5.74) is 2.04. The van der Waals surface area contributed by atoms with Crippen LogP contribution in [-0.2, 0) is 11.2 Å². The van der Waals surface area contributed by atoms with Gasteiger partial charge in [-0.3, -0.25) is 4.79 Å². The second kappa shape index (κ2) is 9.60. The van der Waals surface area contributed by atoms with E-state index >= 15 is 0 Å². The van der Waals surface area contributed by atoms with Crippen molar-refractivity contribution in [2.24, 2.45) is 0 Å². The Morgan fingerprint density at radius 3 is 2.17 bits per heavy atom. The molecule has 3 rings (SSSR count). The van der Waals surface area contributed by atoms with Crippen LogP contribution >= 0.6 is 11.8 Å². The van der Waals surface area contributed by atoms with Gasteiger partial charge in [0.15, 0.2) is 23.0 Å². The largest absolute Gasteiger partial charge is 0.493 e. The summed E-state index contributed by atoms with van der Waals surface area (Å²) in [7, 11) is 6.45. The van der Waals surface area contributed by atoms with Crippen molar-refractivity contribution < 1.29 is 23.7 Å². The van der Waals surface area contributed by atoms with Gasteiger partial charge in [-0.15, -0.1) is 0 Å². The van der Waals surface area contributed by atoms with Crippen molar-refractivity contribution in [3.05, 3.63) is 52.6 Å². The normalized spacial score (nSPS) is 15.0. The summed E-state index contributed by atoms with van der Waals surface area (Å²) in [4.78, 5) is 14.2. The molecule has 2 aromatic rings. The zero-order valence-electron chi connectivity index (χ0n) is 17.1. The van der Waals surface area contributed by atoms with E-state index in [1.165, 1.54) is 0 Å². The molecule has 1 aliphatic rings. The van der Waals surface area contributed by atoms with Crippen LogP contribution in [0.4, 0.5) is 0 Å². The smallest absolute Gasteiger partial charge is 0.237 e. The van der Waals surface area contributed by atoms with Gasteiger partial charge in [-0.1, -0.05) is 23.9 Å². The van der Waals surface area contributed by atoms with E-state index in [-0.39, 0.29) is 5.91 Å². The minimum atomic E-state index is 0.113. The van der Waals surface area contributed by atoms with Gasteiger partial charge < -0.3 is 23.8 Å². The second-order valence-electron chi connectivity index (χ2n) is 6.37. The van der Waals surface area contributed by atoms with E-state index in [1.54, 1.807) is 40.2 Å². The molecule has 0 bridgehead atoms. The van der Waals surface area contributed by atoms with Crippen molar-refractivity contribution in [3.63, 3.8) is 0 Å². The molecule has 154 valence electrons. The summed E-state index contributed by atoms with van der Waals surface area (Å²) in [6.45, 7) is 0.598. The Morgan fingerprint density at radius 2 is 1.52 bits per heavy atom. The molecule has 0 aromatic heterocycles. The first-order chi connectivity index (χ1) is 14.1. The maximum absolute atomic E-state index is 12.4. The Kier molecular flexibility index (Phi) is 6.93. The van der Waals surface area contributed by atoms with Crippen molar-refractivity contribution in [2.75, 3.05) is 40.7 Å². The molecule has 2 aromatic carbocycles. The lowest BCUT2D eigenvalue weighted by Gasteiger charge is -2.18. The highest BCUT2D eigenvalue weighted by Gasteiger charge is 2.26. The molecule has 0 aliphatic carbocycles. The molecule has 1 aliphatic heterocycles. The number of carbonyl (C=O) groups excluding carboxylic acids is 1. The van der Waals surface area contributed by atoms with Crippen LogP contribution in [0.15, 0.2) is 41.4 Å². The van der Waals surface area contributed by atoms with E-state index in [0.717, 1.165) is 22.6 Å². The van der Waals surface area contributed by atoms with Crippen molar-refractivity contribution in [2.45, 2.75) is 6.42 Å². The lowest BCUT2D eigenvalue weighted by atomic mass is 10.1. The molecule has 0 atom stereocenters. The maximum Gasteiger partial charge on any atom is 0.237 e. The topological polar surface area (TPSA) is 57.2 Å². The summed E-state index contributed by atoms with van der Waals surface area (Å²) < 4.78 is 21.3. The van der Waals surface area contributed by atoms with E-state index < -0.39 is 0 Å². The Labute approximate surface area is 175 Å². The van der Waals surface area contributed by atoms with Crippen LogP contribution < -0.4 is 18.9 Å². The zero-order valence-corrected chi connectivity index (χ0v) is 17.9. The molecule has 29 heavy (non-hydrogen) atoms. The van der Waals surface area contributed by atoms with Gasteiger partial charge >= 0.3 is 0 Å². The summed E-state index contributed by atoms with van der Waals surface area (Å²) in [5.74, 6) is 3.28. The highest BCUT2D eigenvalue weighted by atomic mass is 32.2. The first-order valence-electron chi connectivity index (χ1n) is 9.17. The highest BCUT2D eigenvalue weighted by Crippen LogP contribution is 2.34. The summed E-state index contributed by atoms with van der Waals surface area (Å²) in [5, 5.41) is 0.933. The molecule has 6 nitrogen and oxygen atoms in total. The molecule has 0 spiro atoms. The van der Waals surface area contributed by atoms with E-state index in [0.29, 0.717) is 35.3 Å². The van der Waals surface area contributed by atoms with Crippen molar-refractivity contribution in [3.8, 4) is 23.0 Å². The number of hydrogen-bond donors (Lipinski definition) is 0. The minimum absolute atomic E-state index is 0.113. The van der Waals surface area contributed by atoms with Gasteiger partial charge in [-0.2, -0.15) is 0 Å². The SMILES string of the molecule is COc1ccc(/C=C2\SCC(=O)N2CCc2ccc(OC)c(OC)c2)cc1OC. The third-order valence-electron chi connectivity index (χ3n) is 4.68. The van der Waals surface area contributed by atoms with Crippen LogP contribution in [0, 0.1) is 0 Å². The molecule has 1 amide bonds. The Morgan fingerprint density at radius 1 is 0.897 bits per heavy atom. The summed E-state index contributed by atoms with van der Waals surface area (Å²) in [6.07, 6.45) is 2.72. The van der Waals surface area contributed by atoms with Gasteiger partial charge in [0.1, 0.15) is 0 Å². The monoisotopic (exact) mass is 415 g/mol. The number of carbonyl (C=O) groups is 1. The number of hydrogen-bond acceptors (Lipinski definition) is 6. The third kappa shape index (κ3) is 4.79.